The number of hydrogen-bond acceptors (Lipinski definition) is 4. The van der Waals surface area contributed by atoms with Crippen molar-refractivity contribution in [2.24, 2.45) is 11.7 Å². The maximum Gasteiger partial charge on any atom is 0.274 e. The Labute approximate surface area is 141 Å². The lowest BCUT2D eigenvalue weighted by atomic mass is 9.90. The van der Waals surface area contributed by atoms with Crippen molar-refractivity contribution in [2.75, 3.05) is 13.1 Å². The van der Waals surface area contributed by atoms with E-state index in [4.69, 9.17) is 5.73 Å². The first-order valence-electron chi connectivity index (χ1n) is 8.15. The van der Waals surface area contributed by atoms with Gasteiger partial charge in [0.15, 0.2) is 0 Å². The van der Waals surface area contributed by atoms with Crippen molar-refractivity contribution in [1.29, 1.82) is 0 Å². The molecule has 122 valence electrons. The maximum absolute atomic E-state index is 13.1. The molecule has 1 saturated heterocycles. The van der Waals surface area contributed by atoms with Gasteiger partial charge in [0.2, 0.25) is 0 Å². The van der Waals surface area contributed by atoms with E-state index in [0.717, 1.165) is 34.8 Å². The van der Waals surface area contributed by atoms with Crippen LogP contribution >= 0.6 is 11.3 Å². The molecule has 1 aromatic carbocycles. The number of aryl methyl sites for hydroxylation is 1. The largest absolute Gasteiger partial charge is 0.333 e. The molecule has 0 radical (unpaired) electrons. The summed E-state index contributed by atoms with van der Waals surface area (Å²) in [7, 11) is 0. The van der Waals surface area contributed by atoms with E-state index >= 15 is 0 Å². The minimum absolute atomic E-state index is 0.0233. The predicted molar refractivity (Wildman–Crippen MR) is 94.6 cm³/mol. The summed E-state index contributed by atoms with van der Waals surface area (Å²) in [6.45, 7) is 5.42. The summed E-state index contributed by atoms with van der Waals surface area (Å²) in [5.74, 6) is 0.466. The minimum Gasteiger partial charge on any atom is -0.333 e. The summed E-state index contributed by atoms with van der Waals surface area (Å²) >= 11 is 1.58. The standard InChI is InChI=1S/C18H23N3OS/c1-12-7-6-10-21(15(12)11-19)18(22)16-17(23-13(2)20-16)14-8-4-3-5-9-14/h3-5,8-9,12,15H,6-7,10-11,19H2,1-2H3/t12-,15+/m1/s1. The lowest BCUT2D eigenvalue weighted by molar-refractivity contribution is 0.0528. The van der Waals surface area contributed by atoms with Gasteiger partial charge in [-0.25, -0.2) is 4.98 Å². The smallest absolute Gasteiger partial charge is 0.274 e. The summed E-state index contributed by atoms with van der Waals surface area (Å²) in [5.41, 5.74) is 7.57. The molecular weight excluding hydrogens is 306 g/mol. The second-order valence-electron chi connectivity index (χ2n) is 6.20. The molecule has 5 heteroatoms. The topological polar surface area (TPSA) is 59.2 Å². The van der Waals surface area contributed by atoms with Gasteiger partial charge in [0, 0.05) is 19.1 Å². The molecule has 2 atom stereocenters. The molecule has 1 amide bonds. The summed E-state index contributed by atoms with van der Waals surface area (Å²) in [6, 6.07) is 10.1. The lowest BCUT2D eigenvalue weighted by Crippen LogP contribution is -2.51. The van der Waals surface area contributed by atoms with E-state index in [1.165, 1.54) is 0 Å². The van der Waals surface area contributed by atoms with Gasteiger partial charge in [0.05, 0.1) is 9.88 Å². The Morgan fingerprint density at radius 2 is 2.13 bits per heavy atom. The van der Waals surface area contributed by atoms with Crippen LogP contribution in [0.5, 0.6) is 0 Å². The third-order valence-corrected chi connectivity index (χ3v) is 5.61. The van der Waals surface area contributed by atoms with Crippen molar-refractivity contribution in [3.05, 3.63) is 41.0 Å². The van der Waals surface area contributed by atoms with E-state index in [2.05, 4.69) is 11.9 Å². The summed E-state index contributed by atoms with van der Waals surface area (Å²) in [5, 5.41) is 0.918. The van der Waals surface area contributed by atoms with E-state index < -0.39 is 0 Å². The number of aromatic nitrogens is 1. The fourth-order valence-electron chi connectivity index (χ4n) is 3.35. The molecule has 1 fully saturated rings. The molecule has 2 heterocycles. The molecule has 0 unspecified atom stereocenters. The molecule has 0 aliphatic carbocycles. The number of carbonyl (C=O) groups is 1. The Hall–Kier alpha value is -1.72. The average Bonchev–Trinajstić information content (AvgIpc) is 2.96. The van der Waals surface area contributed by atoms with Crippen LogP contribution in [-0.4, -0.2) is 34.9 Å². The number of likely N-dealkylation sites (tertiary alicyclic amines) is 1. The summed E-state index contributed by atoms with van der Waals surface area (Å²) < 4.78 is 0. The maximum atomic E-state index is 13.1. The van der Waals surface area contributed by atoms with E-state index in [1.54, 1.807) is 11.3 Å². The van der Waals surface area contributed by atoms with Gasteiger partial charge in [0.25, 0.3) is 5.91 Å². The molecule has 0 saturated carbocycles. The number of nitrogens with two attached hydrogens (primary N) is 1. The van der Waals surface area contributed by atoms with Gasteiger partial charge in [0.1, 0.15) is 5.69 Å². The second kappa shape index (κ2) is 6.81. The monoisotopic (exact) mass is 329 g/mol. The van der Waals surface area contributed by atoms with Crippen LogP contribution in [0.4, 0.5) is 0 Å². The molecule has 1 aliphatic rings. The number of hydrogen-bond donors (Lipinski definition) is 1. The van der Waals surface area contributed by atoms with Gasteiger partial charge in [-0.1, -0.05) is 37.3 Å². The zero-order valence-corrected chi connectivity index (χ0v) is 14.5. The number of benzene rings is 1. The fraction of sp³-hybridized carbons (Fsp3) is 0.444. The average molecular weight is 329 g/mol. The number of rotatable bonds is 3. The first kappa shape index (κ1) is 16.1. The quantitative estimate of drug-likeness (QED) is 0.940. The van der Waals surface area contributed by atoms with Crippen molar-refractivity contribution in [3.8, 4) is 10.4 Å². The summed E-state index contributed by atoms with van der Waals surface area (Å²) in [4.78, 5) is 20.6. The molecule has 4 nitrogen and oxygen atoms in total. The molecule has 3 rings (SSSR count). The molecule has 23 heavy (non-hydrogen) atoms. The first-order valence-corrected chi connectivity index (χ1v) is 8.97. The number of amides is 1. The Balaban J connectivity index is 1.97. The van der Waals surface area contributed by atoms with Crippen molar-refractivity contribution >= 4 is 17.2 Å². The SMILES string of the molecule is Cc1nc(C(=O)N2CCC[C@@H](C)[C@@H]2CN)c(-c2ccccc2)s1. The van der Waals surface area contributed by atoms with E-state index in [-0.39, 0.29) is 11.9 Å². The van der Waals surface area contributed by atoms with Gasteiger partial charge in [-0.2, -0.15) is 0 Å². The van der Waals surface area contributed by atoms with Crippen LogP contribution in [-0.2, 0) is 0 Å². The highest BCUT2D eigenvalue weighted by Gasteiger charge is 2.33. The number of piperidine rings is 1. The van der Waals surface area contributed by atoms with Gasteiger partial charge in [-0.15, -0.1) is 11.3 Å². The van der Waals surface area contributed by atoms with Crippen molar-refractivity contribution in [2.45, 2.75) is 32.7 Å². The number of carbonyl (C=O) groups excluding carboxylic acids is 1. The lowest BCUT2D eigenvalue weighted by Gasteiger charge is -2.39. The Morgan fingerprint density at radius 1 is 1.39 bits per heavy atom. The van der Waals surface area contributed by atoms with E-state index in [0.29, 0.717) is 18.2 Å². The fourth-order valence-corrected chi connectivity index (χ4v) is 4.27. The number of thiazole rings is 1. The molecule has 1 aliphatic heterocycles. The minimum atomic E-state index is 0.0233. The highest BCUT2D eigenvalue weighted by molar-refractivity contribution is 7.15. The summed E-state index contributed by atoms with van der Waals surface area (Å²) in [6.07, 6.45) is 2.17. The van der Waals surface area contributed by atoms with Crippen LogP contribution in [0.25, 0.3) is 10.4 Å². The van der Waals surface area contributed by atoms with Gasteiger partial charge in [-0.3, -0.25) is 4.79 Å². The highest BCUT2D eigenvalue weighted by atomic mass is 32.1. The van der Waals surface area contributed by atoms with Crippen molar-refractivity contribution in [3.63, 3.8) is 0 Å². The molecule has 0 spiro atoms. The Kier molecular flexibility index (Phi) is 4.78. The Morgan fingerprint density at radius 3 is 2.83 bits per heavy atom. The van der Waals surface area contributed by atoms with Crippen molar-refractivity contribution < 1.29 is 4.79 Å². The van der Waals surface area contributed by atoms with Crippen LogP contribution in [0.1, 0.15) is 35.3 Å². The molecule has 2 aromatic rings. The van der Waals surface area contributed by atoms with Crippen LogP contribution in [0.2, 0.25) is 0 Å². The number of nitrogens with zero attached hydrogens (tertiary/aromatic N) is 2. The molecule has 0 bridgehead atoms. The van der Waals surface area contributed by atoms with Crippen LogP contribution in [0, 0.1) is 12.8 Å². The molecular formula is C18H23N3OS. The van der Waals surface area contributed by atoms with Crippen LogP contribution < -0.4 is 5.73 Å². The van der Waals surface area contributed by atoms with Crippen molar-refractivity contribution in [1.82, 2.24) is 9.88 Å². The highest BCUT2D eigenvalue weighted by Crippen LogP contribution is 2.32. The third-order valence-electron chi connectivity index (χ3n) is 4.59. The van der Waals surface area contributed by atoms with E-state index in [1.807, 2.05) is 42.2 Å². The van der Waals surface area contributed by atoms with E-state index in [9.17, 15) is 4.79 Å². The first-order chi connectivity index (χ1) is 11.1. The predicted octanol–water partition coefficient (Wildman–Crippen LogP) is 3.32. The van der Waals surface area contributed by atoms with Gasteiger partial charge >= 0.3 is 0 Å². The zero-order valence-electron chi connectivity index (χ0n) is 13.7. The third kappa shape index (κ3) is 3.16. The van der Waals surface area contributed by atoms with Gasteiger partial charge in [-0.05, 0) is 31.2 Å². The molecule has 2 N–H and O–H groups in total. The van der Waals surface area contributed by atoms with Crippen LogP contribution in [0.15, 0.2) is 30.3 Å². The normalized spacial score (nSPS) is 21.4. The van der Waals surface area contributed by atoms with Crippen LogP contribution in [0.3, 0.4) is 0 Å². The molecule has 1 aromatic heterocycles. The zero-order chi connectivity index (χ0) is 16.4. The Bertz CT molecular complexity index is 683. The second-order valence-corrected chi connectivity index (χ2v) is 7.40. The van der Waals surface area contributed by atoms with Gasteiger partial charge < -0.3 is 10.6 Å².